The van der Waals surface area contributed by atoms with Crippen molar-refractivity contribution in [2.75, 3.05) is 0 Å². The highest BCUT2D eigenvalue weighted by atomic mass is 14.7. The zero-order valence-corrected chi connectivity index (χ0v) is 16.8. The molecule has 0 spiro atoms. The fourth-order valence-corrected chi connectivity index (χ4v) is 3.52. The van der Waals surface area contributed by atoms with Crippen LogP contribution in [0.2, 0.25) is 0 Å². The van der Waals surface area contributed by atoms with E-state index in [-0.39, 0.29) is 0 Å². The van der Waals surface area contributed by atoms with Gasteiger partial charge in [0.25, 0.3) is 0 Å². The molecule has 0 radical (unpaired) electrons. The maximum absolute atomic E-state index is 4.67. The summed E-state index contributed by atoms with van der Waals surface area (Å²) in [5.41, 5.74) is 6.64. The molecule has 1 heterocycles. The third-order valence-electron chi connectivity index (χ3n) is 5.38. The SMILES string of the molecule is CCCCC(C)c1cc(-c2ncccc2C)cc(C(C)CCCC)c1. The Bertz CT molecular complexity index is 627. The predicted octanol–water partition coefficient (Wildman–Crippen LogP) is 7.64. The summed E-state index contributed by atoms with van der Waals surface area (Å²) in [6.07, 6.45) is 9.58. The Morgan fingerprint density at radius 1 is 0.880 bits per heavy atom. The first-order chi connectivity index (χ1) is 12.1. The molecule has 0 saturated heterocycles. The van der Waals surface area contributed by atoms with Crippen LogP contribution in [0.4, 0.5) is 0 Å². The summed E-state index contributed by atoms with van der Waals surface area (Å²) in [6, 6.07) is 11.4. The Labute approximate surface area is 154 Å². The molecule has 2 aromatic rings. The molecule has 0 saturated carbocycles. The molecule has 1 nitrogen and oxygen atoms in total. The lowest BCUT2D eigenvalue weighted by atomic mass is 9.87. The highest BCUT2D eigenvalue weighted by Gasteiger charge is 2.14. The molecule has 1 heteroatoms. The van der Waals surface area contributed by atoms with Gasteiger partial charge >= 0.3 is 0 Å². The van der Waals surface area contributed by atoms with Crippen LogP contribution in [0.15, 0.2) is 36.5 Å². The minimum Gasteiger partial charge on any atom is -0.256 e. The van der Waals surface area contributed by atoms with E-state index < -0.39 is 0 Å². The molecular weight excluding hydrogens is 302 g/mol. The van der Waals surface area contributed by atoms with Crippen molar-refractivity contribution < 1.29 is 0 Å². The minimum atomic E-state index is 0.612. The highest BCUT2D eigenvalue weighted by Crippen LogP contribution is 2.33. The fourth-order valence-electron chi connectivity index (χ4n) is 3.52. The van der Waals surface area contributed by atoms with E-state index in [4.69, 9.17) is 0 Å². The Hall–Kier alpha value is -1.63. The molecule has 0 bridgehead atoms. The zero-order chi connectivity index (χ0) is 18.2. The zero-order valence-electron chi connectivity index (χ0n) is 16.8. The van der Waals surface area contributed by atoms with Crippen LogP contribution in [0.1, 0.15) is 94.7 Å². The molecular formula is C24H35N. The standard InChI is InChI=1S/C24H35N/c1-6-8-11-18(3)21-15-22(19(4)12-9-7-2)17-23(16-21)24-20(5)13-10-14-25-24/h10,13-19H,6-9,11-12H2,1-5H3. The van der Waals surface area contributed by atoms with Crippen molar-refractivity contribution >= 4 is 0 Å². The average molecular weight is 338 g/mol. The second-order valence-corrected chi connectivity index (χ2v) is 7.64. The lowest BCUT2D eigenvalue weighted by Gasteiger charge is -2.19. The third kappa shape index (κ3) is 5.42. The van der Waals surface area contributed by atoms with Crippen LogP contribution in [-0.2, 0) is 0 Å². The molecule has 1 aromatic carbocycles. The number of hydrogen-bond donors (Lipinski definition) is 0. The van der Waals surface area contributed by atoms with Crippen molar-refractivity contribution in [2.24, 2.45) is 0 Å². The predicted molar refractivity (Wildman–Crippen MR) is 110 cm³/mol. The molecule has 2 rings (SSSR count). The maximum atomic E-state index is 4.67. The largest absolute Gasteiger partial charge is 0.256 e. The average Bonchev–Trinajstić information content (AvgIpc) is 2.64. The van der Waals surface area contributed by atoms with Crippen molar-refractivity contribution in [3.05, 3.63) is 53.2 Å². The first kappa shape index (κ1) is 19.7. The minimum absolute atomic E-state index is 0.612. The van der Waals surface area contributed by atoms with Crippen LogP contribution in [0.25, 0.3) is 11.3 Å². The second-order valence-electron chi connectivity index (χ2n) is 7.64. The number of hydrogen-bond acceptors (Lipinski definition) is 1. The molecule has 25 heavy (non-hydrogen) atoms. The van der Waals surface area contributed by atoms with Gasteiger partial charge in [-0.2, -0.15) is 0 Å². The maximum Gasteiger partial charge on any atom is 0.0731 e. The van der Waals surface area contributed by atoms with E-state index in [2.05, 4.69) is 63.9 Å². The van der Waals surface area contributed by atoms with Crippen LogP contribution >= 0.6 is 0 Å². The highest BCUT2D eigenvalue weighted by molar-refractivity contribution is 5.65. The van der Waals surface area contributed by atoms with Gasteiger partial charge in [0.15, 0.2) is 0 Å². The summed E-state index contributed by atoms with van der Waals surface area (Å²) < 4.78 is 0. The fraction of sp³-hybridized carbons (Fsp3) is 0.542. The lowest BCUT2D eigenvalue weighted by Crippen LogP contribution is -2.01. The van der Waals surface area contributed by atoms with Crippen LogP contribution in [-0.4, -0.2) is 4.98 Å². The number of pyridine rings is 1. The van der Waals surface area contributed by atoms with Gasteiger partial charge in [-0.15, -0.1) is 0 Å². The summed E-state index contributed by atoms with van der Waals surface area (Å²) in [6.45, 7) is 11.5. The first-order valence-corrected chi connectivity index (χ1v) is 10.1. The molecule has 0 aliphatic carbocycles. The summed E-state index contributed by atoms with van der Waals surface area (Å²) >= 11 is 0. The van der Waals surface area contributed by atoms with E-state index in [1.807, 2.05) is 12.3 Å². The van der Waals surface area contributed by atoms with Gasteiger partial charge in [0, 0.05) is 11.8 Å². The van der Waals surface area contributed by atoms with Gasteiger partial charge in [-0.05, 0) is 66.5 Å². The van der Waals surface area contributed by atoms with Gasteiger partial charge in [0.1, 0.15) is 0 Å². The van der Waals surface area contributed by atoms with Crippen molar-refractivity contribution in [1.82, 2.24) is 4.98 Å². The molecule has 2 unspecified atom stereocenters. The van der Waals surface area contributed by atoms with Gasteiger partial charge in [0.2, 0.25) is 0 Å². The number of unbranched alkanes of at least 4 members (excludes halogenated alkanes) is 2. The van der Waals surface area contributed by atoms with E-state index in [1.165, 1.54) is 60.8 Å². The number of benzene rings is 1. The van der Waals surface area contributed by atoms with E-state index in [0.29, 0.717) is 11.8 Å². The van der Waals surface area contributed by atoms with Crippen LogP contribution in [0, 0.1) is 6.92 Å². The van der Waals surface area contributed by atoms with Crippen LogP contribution < -0.4 is 0 Å². The van der Waals surface area contributed by atoms with E-state index >= 15 is 0 Å². The van der Waals surface area contributed by atoms with Crippen molar-refractivity contribution in [1.29, 1.82) is 0 Å². The van der Waals surface area contributed by atoms with Crippen LogP contribution in [0.5, 0.6) is 0 Å². The van der Waals surface area contributed by atoms with Gasteiger partial charge in [-0.3, -0.25) is 4.98 Å². The summed E-state index contributed by atoms with van der Waals surface area (Å²) in [4.78, 5) is 4.67. The number of rotatable bonds is 9. The van der Waals surface area contributed by atoms with Crippen molar-refractivity contribution in [3.8, 4) is 11.3 Å². The molecule has 0 amide bonds. The number of nitrogens with zero attached hydrogens (tertiary/aromatic N) is 1. The lowest BCUT2D eigenvalue weighted by molar-refractivity contribution is 0.612. The van der Waals surface area contributed by atoms with E-state index in [0.717, 1.165) is 5.69 Å². The molecule has 136 valence electrons. The van der Waals surface area contributed by atoms with Crippen molar-refractivity contribution in [2.45, 2.75) is 85.0 Å². The normalized spacial score (nSPS) is 13.6. The van der Waals surface area contributed by atoms with Gasteiger partial charge in [-0.25, -0.2) is 0 Å². The summed E-state index contributed by atoms with van der Waals surface area (Å²) in [5, 5.41) is 0. The molecule has 0 aliphatic heterocycles. The molecule has 1 aromatic heterocycles. The van der Waals surface area contributed by atoms with E-state index in [1.54, 1.807) is 0 Å². The topological polar surface area (TPSA) is 12.9 Å². The number of aromatic nitrogens is 1. The smallest absolute Gasteiger partial charge is 0.0731 e. The van der Waals surface area contributed by atoms with Gasteiger partial charge < -0.3 is 0 Å². The van der Waals surface area contributed by atoms with E-state index in [9.17, 15) is 0 Å². The van der Waals surface area contributed by atoms with Crippen LogP contribution in [0.3, 0.4) is 0 Å². The first-order valence-electron chi connectivity index (χ1n) is 10.1. The Kier molecular flexibility index (Phi) is 7.68. The Morgan fingerprint density at radius 3 is 1.92 bits per heavy atom. The summed E-state index contributed by atoms with van der Waals surface area (Å²) in [7, 11) is 0. The quantitative estimate of drug-likeness (QED) is 0.458. The molecule has 0 fully saturated rings. The molecule has 0 N–H and O–H groups in total. The summed E-state index contributed by atoms with van der Waals surface area (Å²) in [5.74, 6) is 1.22. The monoisotopic (exact) mass is 337 g/mol. The second kappa shape index (κ2) is 9.75. The number of aryl methyl sites for hydroxylation is 1. The molecule has 0 aliphatic rings. The third-order valence-corrected chi connectivity index (χ3v) is 5.38. The van der Waals surface area contributed by atoms with Gasteiger partial charge in [-0.1, -0.05) is 65.5 Å². The van der Waals surface area contributed by atoms with Crippen molar-refractivity contribution in [3.63, 3.8) is 0 Å². The molecule has 2 atom stereocenters. The Morgan fingerprint density at radius 2 is 1.44 bits per heavy atom. The Balaban J connectivity index is 2.42. The van der Waals surface area contributed by atoms with Gasteiger partial charge in [0.05, 0.1) is 5.69 Å².